The second kappa shape index (κ2) is 16.6. The third kappa shape index (κ3) is 14.8. The average molecular weight is 386 g/mol. The Hall–Kier alpha value is 0.578. The van der Waals surface area contributed by atoms with E-state index in [0.717, 1.165) is 38.5 Å². The van der Waals surface area contributed by atoms with Crippen molar-refractivity contribution in [3.63, 3.8) is 0 Å². The molecule has 0 saturated heterocycles. The van der Waals surface area contributed by atoms with Gasteiger partial charge in [0.2, 0.25) is 0 Å². The summed E-state index contributed by atoms with van der Waals surface area (Å²) < 4.78 is 17.2. The molecule has 0 aromatic carbocycles. The van der Waals surface area contributed by atoms with Crippen LogP contribution < -0.4 is 17.2 Å². The van der Waals surface area contributed by atoms with E-state index >= 15 is 0 Å². The molecule has 0 bridgehead atoms. The standard InChI is InChI=1S/3C4H10NO.Sb/c3*5-3-1-2-4-6;/h3*1-5H2;/q3*-1;+3. The molecule has 7 heteroatoms. The van der Waals surface area contributed by atoms with Gasteiger partial charge in [0.25, 0.3) is 0 Å². The van der Waals surface area contributed by atoms with Gasteiger partial charge in [0, 0.05) is 0 Å². The molecule has 116 valence electrons. The second-order valence-corrected chi connectivity index (χ2v) is 7.70. The van der Waals surface area contributed by atoms with E-state index < -0.39 is 21.5 Å². The normalized spacial score (nSPS) is 11.4. The summed E-state index contributed by atoms with van der Waals surface area (Å²) in [5.74, 6) is 0. The molecular weight excluding hydrogens is 356 g/mol. The van der Waals surface area contributed by atoms with Gasteiger partial charge in [-0.2, -0.15) is 0 Å². The van der Waals surface area contributed by atoms with Gasteiger partial charge in [0.1, 0.15) is 0 Å². The van der Waals surface area contributed by atoms with Crippen molar-refractivity contribution in [2.45, 2.75) is 38.5 Å². The fraction of sp³-hybridized carbons (Fsp3) is 1.00. The first kappa shape index (κ1) is 19.6. The van der Waals surface area contributed by atoms with Crippen LogP contribution in [0.1, 0.15) is 38.5 Å². The summed E-state index contributed by atoms with van der Waals surface area (Å²) in [6.45, 7) is 4.18. The molecule has 0 fully saturated rings. The first-order chi connectivity index (χ1) is 9.35. The van der Waals surface area contributed by atoms with E-state index in [1.165, 1.54) is 0 Å². The summed E-state index contributed by atoms with van der Waals surface area (Å²) >= 11 is -2.43. The topological polar surface area (TPSA) is 106 Å². The van der Waals surface area contributed by atoms with Crippen LogP contribution in [0.4, 0.5) is 0 Å². The van der Waals surface area contributed by atoms with E-state index in [4.69, 9.17) is 26.2 Å². The molecule has 0 radical (unpaired) electrons. The summed E-state index contributed by atoms with van der Waals surface area (Å²) in [5, 5.41) is 0. The third-order valence-corrected chi connectivity index (χ3v) is 5.75. The van der Waals surface area contributed by atoms with Crippen molar-refractivity contribution < 1.29 is 9.05 Å². The molecule has 0 aromatic heterocycles. The molecule has 0 aliphatic heterocycles. The molecule has 19 heavy (non-hydrogen) atoms. The minimum absolute atomic E-state index is 0.688. The van der Waals surface area contributed by atoms with Crippen LogP contribution in [0.15, 0.2) is 0 Å². The fourth-order valence-corrected chi connectivity index (χ4v) is 4.29. The van der Waals surface area contributed by atoms with Crippen LogP contribution in [0.5, 0.6) is 0 Å². The Morgan fingerprint density at radius 3 is 1.11 bits per heavy atom. The maximum absolute atomic E-state index is 5.73. The van der Waals surface area contributed by atoms with E-state index in [2.05, 4.69) is 0 Å². The van der Waals surface area contributed by atoms with Crippen LogP contribution in [0.2, 0.25) is 0 Å². The van der Waals surface area contributed by atoms with Gasteiger partial charge in [-0.05, 0) is 0 Å². The van der Waals surface area contributed by atoms with Gasteiger partial charge in [0.05, 0.1) is 0 Å². The van der Waals surface area contributed by atoms with Gasteiger partial charge in [-0.1, -0.05) is 0 Å². The number of hydrogen-bond acceptors (Lipinski definition) is 6. The number of unbranched alkanes of at least 4 members (excludes halogenated alkanes) is 3. The van der Waals surface area contributed by atoms with Crippen LogP contribution in [0.25, 0.3) is 0 Å². The molecule has 0 amide bonds. The molecule has 0 saturated carbocycles. The van der Waals surface area contributed by atoms with E-state index in [1.54, 1.807) is 0 Å². The fourth-order valence-electron chi connectivity index (χ4n) is 1.27. The Morgan fingerprint density at radius 2 is 0.842 bits per heavy atom. The van der Waals surface area contributed by atoms with Gasteiger partial charge >= 0.3 is 126 Å². The van der Waals surface area contributed by atoms with Crippen LogP contribution >= 0.6 is 0 Å². The van der Waals surface area contributed by atoms with Crippen molar-refractivity contribution in [3.8, 4) is 0 Å². The first-order valence-corrected chi connectivity index (χ1v) is 10.3. The Labute approximate surface area is 126 Å². The zero-order valence-electron chi connectivity index (χ0n) is 11.9. The van der Waals surface area contributed by atoms with E-state index in [-0.39, 0.29) is 0 Å². The molecular formula is C12H30N3O3Sb. The predicted molar refractivity (Wildman–Crippen MR) is 78.5 cm³/mol. The molecule has 0 aromatic rings. The molecule has 0 rings (SSSR count). The maximum atomic E-state index is 5.73. The SMILES string of the molecule is NCCCC[O][Sb]([O]CCCCN)[O]CCCCN. The number of hydrogen-bond donors (Lipinski definition) is 3. The van der Waals surface area contributed by atoms with Crippen molar-refractivity contribution in [1.29, 1.82) is 0 Å². The Balaban J connectivity index is 3.66. The van der Waals surface area contributed by atoms with Crippen LogP contribution in [-0.4, -0.2) is 60.9 Å². The summed E-state index contributed by atoms with van der Waals surface area (Å²) in [6, 6.07) is 0. The van der Waals surface area contributed by atoms with Gasteiger partial charge in [-0.3, -0.25) is 0 Å². The summed E-state index contributed by atoms with van der Waals surface area (Å²) in [5.41, 5.74) is 16.3. The summed E-state index contributed by atoms with van der Waals surface area (Å²) in [7, 11) is 0. The van der Waals surface area contributed by atoms with Crippen LogP contribution in [0.3, 0.4) is 0 Å². The summed E-state index contributed by atoms with van der Waals surface area (Å²) in [4.78, 5) is 0. The molecule has 0 atom stereocenters. The molecule has 0 aliphatic rings. The van der Waals surface area contributed by atoms with E-state index in [9.17, 15) is 0 Å². The summed E-state index contributed by atoms with van der Waals surface area (Å²) in [6.07, 6.45) is 5.85. The molecule has 0 aliphatic carbocycles. The van der Waals surface area contributed by atoms with Crippen LogP contribution in [-0.2, 0) is 9.05 Å². The Morgan fingerprint density at radius 1 is 0.526 bits per heavy atom. The van der Waals surface area contributed by atoms with E-state index in [0.29, 0.717) is 39.5 Å². The Kier molecular flexibility index (Phi) is 17.1. The van der Waals surface area contributed by atoms with Crippen LogP contribution in [0, 0.1) is 0 Å². The van der Waals surface area contributed by atoms with E-state index in [1.807, 2.05) is 0 Å². The monoisotopic (exact) mass is 385 g/mol. The van der Waals surface area contributed by atoms with Crippen molar-refractivity contribution in [1.82, 2.24) is 0 Å². The average Bonchev–Trinajstić information content (AvgIpc) is 2.43. The second-order valence-electron chi connectivity index (χ2n) is 4.21. The number of rotatable bonds is 15. The first-order valence-electron chi connectivity index (χ1n) is 7.14. The van der Waals surface area contributed by atoms with Gasteiger partial charge in [-0.25, -0.2) is 0 Å². The third-order valence-electron chi connectivity index (χ3n) is 2.39. The van der Waals surface area contributed by atoms with Crippen molar-refractivity contribution in [2.24, 2.45) is 17.2 Å². The van der Waals surface area contributed by atoms with Crippen molar-refractivity contribution >= 4 is 21.5 Å². The zero-order valence-corrected chi connectivity index (χ0v) is 14.4. The minimum atomic E-state index is -2.43. The quantitative estimate of drug-likeness (QED) is 0.275. The Bertz CT molecular complexity index is 150. The zero-order chi connectivity index (χ0) is 14.2. The molecule has 6 nitrogen and oxygen atoms in total. The van der Waals surface area contributed by atoms with Gasteiger partial charge in [-0.15, -0.1) is 0 Å². The molecule has 0 spiro atoms. The molecule has 0 heterocycles. The van der Waals surface area contributed by atoms with Crippen molar-refractivity contribution in [2.75, 3.05) is 39.5 Å². The van der Waals surface area contributed by atoms with Crippen molar-refractivity contribution in [3.05, 3.63) is 0 Å². The molecule has 0 unspecified atom stereocenters. The van der Waals surface area contributed by atoms with Gasteiger partial charge in [0.15, 0.2) is 0 Å². The predicted octanol–water partition coefficient (Wildman–Crippen LogP) is 0.238. The molecule has 6 N–H and O–H groups in total. The van der Waals surface area contributed by atoms with Gasteiger partial charge < -0.3 is 0 Å². The number of nitrogens with two attached hydrogens (primary N) is 3.